The second-order valence-corrected chi connectivity index (χ2v) is 10.3. The Balaban J connectivity index is 1.29. The van der Waals surface area contributed by atoms with Crippen molar-refractivity contribution in [3.8, 4) is 0 Å². The molecule has 0 unspecified atom stereocenters. The van der Waals surface area contributed by atoms with E-state index in [2.05, 4.69) is 4.90 Å². The van der Waals surface area contributed by atoms with E-state index in [0.29, 0.717) is 24.6 Å². The SMILES string of the molecule is O=C(c1ccc(F)cc1)N1CCN(c2nc(C3CC3)nc3sc4c(c23)CCCCC4)CC1. The van der Waals surface area contributed by atoms with Gasteiger partial charge in [0, 0.05) is 42.5 Å². The maximum Gasteiger partial charge on any atom is 0.253 e. The maximum atomic E-state index is 13.2. The van der Waals surface area contributed by atoms with Gasteiger partial charge in [-0.1, -0.05) is 6.42 Å². The van der Waals surface area contributed by atoms with Crippen LogP contribution in [0.4, 0.5) is 10.2 Å². The zero-order valence-corrected chi connectivity index (χ0v) is 19.0. The van der Waals surface area contributed by atoms with Gasteiger partial charge in [0.15, 0.2) is 0 Å². The molecule has 0 atom stereocenters. The van der Waals surface area contributed by atoms with E-state index in [-0.39, 0.29) is 11.7 Å². The Labute approximate surface area is 191 Å². The van der Waals surface area contributed by atoms with Crippen molar-refractivity contribution in [3.05, 3.63) is 51.9 Å². The highest BCUT2D eigenvalue weighted by Gasteiger charge is 2.32. The van der Waals surface area contributed by atoms with Crippen LogP contribution in [-0.4, -0.2) is 47.0 Å². The number of aryl methyl sites for hydroxylation is 2. The number of hydrogen-bond donors (Lipinski definition) is 0. The molecule has 1 saturated heterocycles. The minimum atomic E-state index is -0.319. The highest BCUT2D eigenvalue weighted by atomic mass is 32.1. The molecule has 3 aliphatic rings. The molecule has 0 bridgehead atoms. The summed E-state index contributed by atoms with van der Waals surface area (Å²) in [5, 5.41) is 1.27. The maximum absolute atomic E-state index is 13.2. The fraction of sp³-hybridized carbons (Fsp3) is 0.480. The van der Waals surface area contributed by atoms with Gasteiger partial charge in [-0.2, -0.15) is 0 Å². The first kappa shape index (κ1) is 20.1. The molecule has 0 radical (unpaired) electrons. The van der Waals surface area contributed by atoms with Crippen LogP contribution in [0.15, 0.2) is 24.3 Å². The molecule has 6 rings (SSSR count). The standard InChI is InChI=1S/C25H27FN4OS/c26-18-10-8-17(9-11-18)25(31)30-14-12-29(13-15-30)23-21-19-4-2-1-3-5-20(19)32-24(21)28-22(27-23)16-6-7-16/h8-11,16H,1-7,12-15H2. The molecule has 5 nitrogen and oxygen atoms in total. The highest BCUT2D eigenvalue weighted by Crippen LogP contribution is 2.44. The van der Waals surface area contributed by atoms with Crippen LogP contribution in [0.25, 0.3) is 10.2 Å². The molecule has 2 fully saturated rings. The number of halogens is 1. The van der Waals surface area contributed by atoms with Crippen LogP contribution in [0.5, 0.6) is 0 Å². The Kier molecular flexibility index (Phi) is 5.09. The van der Waals surface area contributed by atoms with E-state index in [1.54, 1.807) is 12.1 Å². The largest absolute Gasteiger partial charge is 0.352 e. The van der Waals surface area contributed by atoms with E-state index in [1.165, 1.54) is 60.1 Å². The van der Waals surface area contributed by atoms with Crippen molar-refractivity contribution in [2.45, 2.75) is 50.9 Å². The summed E-state index contributed by atoms with van der Waals surface area (Å²) in [5.74, 6) is 2.27. The second-order valence-electron chi connectivity index (χ2n) is 9.21. The van der Waals surface area contributed by atoms with E-state index < -0.39 is 0 Å². The van der Waals surface area contributed by atoms with E-state index in [9.17, 15) is 9.18 Å². The minimum Gasteiger partial charge on any atom is -0.352 e. The normalized spacial score (nSPS) is 19.2. The third-order valence-electron chi connectivity index (χ3n) is 6.96. The summed E-state index contributed by atoms with van der Waals surface area (Å²) in [6.07, 6.45) is 8.46. The van der Waals surface area contributed by atoms with Gasteiger partial charge in [-0.3, -0.25) is 4.79 Å². The monoisotopic (exact) mass is 450 g/mol. The summed E-state index contributed by atoms with van der Waals surface area (Å²) in [5.41, 5.74) is 2.02. The fourth-order valence-corrected chi connectivity index (χ4v) is 6.24. The first-order valence-electron chi connectivity index (χ1n) is 11.8. The molecule has 3 heterocycles. The van der Waals surface area contributed by atoms with Crippen molar-refractivity contribution in [1.29, 1.82) is 0 Å². The van der Waals surface area contributed by atoms with Crippen LogP contribution in [-0.2, 0) is 12.8 Å². The smallest absolute Gasteiger partial charge is 0.253 e. The molecule has 3 aromatic rings. The third kappa shape index (κ3) is 3.66. The predicted molar refractivity (Wildman–Crippen MR) is 125 cm³/mol. The third-order valence-corrected chi connectivity index (χ3v) is 8.15. The topological polar surface area (TPSA) is 49.3 Å². The zero-order valence-electron chi connectivity index (χ0n) is 18.1. The lowest BCUT2D eigenvalue weighted by Crippen LogP contribution is -2.49. The lowest BCUT2D eigenvalue weighted by molar-refractivity contribution is 0.0746. The molecule has 166 valence electrons. The number of benzene rings is 1. The van der Waals surface area contributed by atoms with Crippen molar-refractivity contribution in [2.24, 2.45) is 0 Å². The van der Waals surface area contributed by atoms with Crippen molar-refractivity contribution < 1.29 is 9.18 Å². The number of anilines is 1. The van der Waals surface area contributed by atoms with Crippen LogP contribution in [0.2, 0.25) is 0 Å². The second kappa shape index (κ2) is 8.10. The van der Waals surface area contributed by atoms with Crippen LogP contribution < -0.4 is 4.90 Å². The van der Waals surface area contributed by atoms with Gasteiger partial charge in [-0.25, -0.2) is 14.4 Å². The average molecular weight is 451 g/mol. The Morgan fingerprint density at radius 2 is 1.72 bits per heavy atom. The first-order valence-corrected chi connectivity index (χ1v) is 12.6. The quantitative estimate of drug-likeness (QED) is 0.531. The number of rotatable bonds is 3. The number of piperazine rings is 1. The first-order chi connectivity index (χ1) is 15.7. The molecule has 1 amide bonds. The number of carbonyl (C=O) groups excluding carboxylic acids is 1. The predicted octanol–water partition coefficient (Wildman–Crippen LogP) is 4.94. The van der Waals surface area contributed by atoms with Crippen molar-refractivity contribution in [3.63, 3.8) is 0 Å². The van der Waals surface area contributed by atoms with Crippen molar-refractivity contribution in [1.82, 2.24) is 14.9 Å². The molecule has 0 N–H and O–H groups in total. The number of thiophene rings is 1. The number of aromatic nitrogens is 2. The summed E-state index contributed by atoms with van der Waals surface area (Å²) in [6.45, 7) is 2.81. The molecule has 1 aliphatic heterocycles. The Morgan fingerprint density at radius 1 is 0.969 bits per heavy atom. The zero-order chi connectivity index (χ0) is 21.7. The van der Waals surface area contributed by atoms with Gasteiger partial charge >= 0.3 is 0 Å². The number of fused-ring (bicyclic) bond motifs is 3. The fourth-order valence-electron chi connectivity index (χ4n) is 4.98. The average Bonchev–Trinajstić information content (AvgIpc) is 3.64. The van der Waals surface area contributed by atoms with Crippen LogP contribution in [0.1, 0.15) is 64.6 Å². The molecule has 2 aromatic heterocycles. The molecule has 7 heteroatoms. The number of nitrogens with zero attached hydrogens (tertiary/aromatic N) is 4. The summed E-state index contributed by atoms with van der Waals surface area (Å²) in [4.78, 5) is 29.9. The molecule has 2 aliphatic carbocycles. The van der Waals surface area contributed by atoms with Gasteiger partial charge in [0.25, 0.3) is 5.91 Å². The summed E-state index contributed by atoms with van der Waals surface area (Å²) in [6, 6.07) is 5.84. The lowest BCUT2D eigenvalue weighted by atomic mass is 10.1. The van der Waals surface area contributed by atoms with Crippen molar-refractivity contribution >= 4 is 33.3 Å². The van der Waals surface area contributed by atoms with Crippen LogP contribution in [0.3, 0.4) is 0 Å². The van der Waals surface area contributed by atoms with Gasteiger partial charge in [-0.05, 0) is 68.4 Å². The lowest BCUT2D eigenvalue weighted by Gasteiger charge is -2.36. The Bertz CT molecular complexity index is 1160. The number of hydrogen-bond acceptors (Lipinski definition) is 5. The van der Waals surface area contributed by atoms with E-state index in [1.807, 2.05) is 16.2 Å². The van der Waals surface area contributed by atoms with Crippen LogP contribution in [0, 0.1) is 5.82 Å². The number of amides is 1. The van der Waals surface area contributed by atoms with Gasteiger partial charge in [0.2, 0.25) is 0 Å². The molecule has 1 aromatic carbocycles. The van der Waals surface area contributed by atoms with E-state index >= 15 is 0 Å². The van der Waals surface area contributed by atoms with Crippen molar-refractivity contribution in [2.75, 3.05) is 31.1 Å². The summed E-state index contributed by atoms with van der Waals surface area (Å²) < 4.78 is 13.2. The van der Waals surface area contributed by atoms with Gasteiger partial charge in [0.05, 0.1) is 5.39 Å². The van der Waals surface area contributed by atoms with E-state index in [0.717, 1.165) is 42.4 Å². The molecular formula is C25H27FN4OS. The number of carbonyl (C=O) groups is 1. The van der Waals surface area contributed by atoms with E-state index in [4.69, 9.17) is 9.97 Å². The Hall–Kier alpha value is -2.54. The molecule has 0 spiro atoms. The van der Waals surface area contributed by atoms with Crippen LogP contribution >= 0.6 is 11.3 Å². The molecule has 1 saturated carbocycles. The molecular weight excluding hydrogens is 423 g/mol. The molecule has 32 heavy (non-hydrogen) atoms. The Morgan fingerprint density at radius 3 is 2.47 bits per heavy atom. The van der Waals surface area contributed by atoms with Gasteiger partial charge in [-0.15, -0.1) is 11.3 Å². The van der Waals surface area contributed by atoms with Gasteiger partial charge < -0.3 is 9.80 Å². The van der Waals surface area contributed by atoms with Gasteiger partial charge in [0.1, 0.15) is 22.3 Å². The highest BCUT2D eigenvalue weighted by molar-refractivity contribution is 7.19. The minimum absolute atomic E-state index is 0.0273. The summed E-state index contributed by atoms with van der Waals surface area (Å²) in [7, 11) is 0. The summed E-state index contributed by atoms with van der Waals surface area (Å²) >= 11 is 1.88.